The van der Waals surface area contributed by atoms with Crippen molar-refractivity contribution in [3.63, 3.8) is 0 Å². The Labute approximate surface area is 118 Å². The number of rotatable bonds is 7. The van der Waals surface area contributed by atoms with E-state index < -0.39 is 0 Å². The molecule has 2 saturated heterocycles. The average molecular weight is 285 g/mol. The molecule has 2 aliphatic heterocycles. The van der Waals surface area contributed by atoms with Crippen LogP contribution in [0.15, 0.2) is 0 Å². The standard InChI is InChI=1S/C13H23N3O2S/c1-2-7-14-11(17)6-4-3-5-10-12-9(8-19-10)15-13(18)16-12/h9-10,12H,2-8H2,1H3,(H,14,17)(H2,15,16,18)/t9-,10?,12-/m0/s1. The average Bonchev–Trinajstić information content (AvgIpc) is 2.92. The summed E-state index contributed by atoms with van der Waals surface area (Å²) in [6, 6.07) is 0.556. The molecule has 0 bridgehead atoms. The molecular formula is C13H23N3O2S. The van der Waals surface area contributed by atoms with Gasteiger partial charge in [-0.15, -0.1) is 0 Å². The normalized spacial score (nSPS) is 28.7. The first-order chi connectivity index (χ1) is 9.20. The van der Waals surface area contributed by atoms with Crippen LogP contribution in [0.4, 0.5) is 4.79 Å². The first-order valence-electron chi connectivity index (χ1n) is 7.16. The molecule has 3 atom stereocenters. The number of unbranched alkanes of at least 4 members (excludes halogenated alkanes) is 1. The summed E-state index contributed by atoms with van der Waals surface area (Å²) in [6.45, 7) is 2.83. The highest BCUT2D eigenvalue weighted by Gasteiger charge is 2.42. The van der Waals surface area contributed by atoms with Crippen molar-refractivity contribution in [3.05, 3.63) is 0 Å². The predicted molar refractivity (Wildman–Crippen MR) is 77.3 cm³/mol. The largest absolute Gasteiger partial charge is 0.356 e. The Morgan fingerprint density at radius 1 is 1.42 bits per heavy atom. The molecule has 0 aromatic carbocycles. The quantitative estimate of drug-likeness (QED) is 0.487. The van der Waals surface area contributed by atoms with Gasteiger partial charge in [0.1, 0.15) is 0 Å². The van der Waals surface area contributed by atoms with E-state index >= 15 is 0 Å². The topological polar surface area (TPSA) is 70.2 Å². The number of amides is 3. The third-order valence-electron chi connectivity index (χ3n) is 3.65. The summed E-state index contributed by atoms with van der Waals surface area (Å²) in [5.74, 6) is 1.17. The van der Waals surface area contributed by atoms with E-state index in [1.165, 1.54) is 0 Å². The van der Waals surface area contributed by atoms with Crippen LogP contribution in [0, 0.1) is 0 Å². The van der Waals surface area contributed by atoms with E-state index in [1.807, 2.05) is 11.8 Å². The highest BCUT2D eigenvalue weighted by molar-refractivity contribution is 8.00. The first-order valence-corrected chi connectivity index (χ1v) is 8.21. The molecule has 1 unspecified atom stereocenters. The van der Waals surface area contributed by atoms with Gasteiger partial charge in [-0.25, -0.2) is 4.79 Å². The van der Waals surface area contributed by atoms with Gasteiger partial charge in [-0.05, 0) is 19.3 Å². The van der Waals surface area contributed by atoms with Crippen molar-refractivity contribution in [2.24, 2.45) is 0 Å². The summed E-state index contributed by atoms with van der Waals surface area (Å²) < 4.78 is 0. The van der Waals surface area contributed by atoms with Gasteiger partial charge in [0.25, 0.3) is 0 Å². The number of hydrogen-bond donors (Lipinski definition) is 3. The maximum Gasteiger partial charge on any atom is 0.315 e. The smallest absolute Gasteiger partial charge is 0.315 e. The van der Waals surface area contributed by atoms with Gasteiger partial charge in [-0.2, -0.15) is 11.8 Å². The van der Waals surface area contributed by atoms with Gasteiger partial charge >= 0.3 is 6.03 Å². The predicted octanol–water partition coefficient (Wildman–Crippen LogP) is 1.24. The number of fused-ring (bicyclic) bond motifs is 1. The third-order valence-corrected chi connectivity index (χ3v) is 5.16. The summed E-state index contributed by atoms with van der Waals surface area (Å²) >= 11 is 1.93. The van der Waals surface area contributed by atoms with Gasteiger partial charge in [-0.3, -0.25) is 4.79 Å². The molecule has 3 N–H and O–H groups in total. The molecule has 108 valence electrons. The Balaban J connectivity index is 1.59. The first kappa shape index (κ1) is 14.5. The number of hydrogen-bond acceptors (Lipinski definition) is 3. The maximum absolute atomic E-state index is 11.4. The lowest BCUT2D eigenvalue weighted by atomic mass is 10.0. The van der Waals surface area contributed by atoms with Crippen LogP contribution in [0.5, 0.6) is 0 Å². The fraction of sp³-hybridized carbons (Fsp3) is 0.846. The summed E-state index contributed by atoms with van der Waals surface area (Å²) in [5.41, 5.74) is 0. The molecule has 2 heterocycles. The van der Waals surface area contributed by atoms with Gasteiger partial charge in [0, 0.05) is 24.0 Å². The molecule has 0 saturated carbocycles. The monoisotopic (exact) mass is 285 g/mol. The van der Waals surface area contributed by atoms with Gasteiger partial charge in [0.15, 0.2) is 0 Å². The van der Waals surface area contributed by atoms with Crippen molar-refractivity contribution in [2.75, 3.05) is 12.3 Å². The lowest BCUT2D eigenvalue weighted by Gasteiger charge is -2.16. The minimum atomic E-state index is -0.0285. The van der Waals surface area contributed by atoms with Crippen molar-refractivity contribution in [1.29, 1.82) is 0 Å². The molecule has 2 aliphatic rings. The van der Waals surface area contributed by atoms with Gasteiger partial charge in [-0.1, -0.05) is 13.3 Å². The molecule has 19 heavy (non-hydrogen) atoms. The number of urea groups is 1. The van der Waals surface area contributed by atoms with Crippen molar-refractivity contribution < 1.29 is 9.59 Å². The Morgan fingerprint density at radius 2 is 2.26 bits per heavy atom. The summed E-state index contributed by atoms with van der Waals surface area (Å²) in [6.07, 6.45) is 4.67. The molecule has 2 rings (SSSR count). The van der Waals surface area contributed by atoms with E-state index in [-0.39, 0.29) is 18.0 Å². The molecule has 2 fully saturated rings. The zero-order valence-electron chi connectivity index (χ0n) is 11.4. The molecule has 3 amide bonds. The van der Waals surface area contributed by atoms with Crippen LogP contribution in [0.2, 0.25) is 0 Å². The molecule has 0 aromatic heterocycles. The number of thioether (sulfide) groups is 1. The van der Waals surface area contributed by atoms with E-state index in [4.69, 9.17) is 0 Å². The SMILES string of the molecule is CCCNC(=O)CCCCC1SC[C@@H]2NC(=O)N[C@H]12. The van der Waals surface area contributed by atoms with Crippen molar-refractivity contribution in [2.45, 2.75) is 56.4 Å². The summed E-state index contributed by atoms with van der Waals surface area (Å²) in [7, 11) is 0. The van der Waals surface area contributed by atoms with Crippen LogP contribution >= 0.6 is 11.8 Å². The molecule has 0 aliphatic carbocycles. The summed E-state index contributed by atoms with van der Waals surface area (Å²) in [5, 5.41) is 9.33. The molecule has 0 aromatic rings. The highest BCUT2D eigenvalue weighted by atomic mass is 32.2. The Kier molecular flexibility index (Phi) is 5.36. The molecule has 5 nitrogen and oxygen atoms in total. The van der Waals surface area contributed by atoms with Crippen LogP contribution in [-0.2, 0) is 4.79 Å². The maximum atomic E-state index is 11.4. The Bertz CT molecular complexity index is 338. The van der Waals surface area contributed by atoms with Crippen molar-refractivity contribution in [1.82, 2.24) is 16.0 Å². The van der Waals surface area contributed by atoms with Gasteiger partial charge < -0.3 is 16.0 Å². The minimum absolute atomic E-state index is 0.0285. The molecule has 0 spiro atoms. The van der Waals surface area contributed by atoms with Crippen LogP contribution in [0.1, 0.15) is 39.0 Å². The number of carbonyl (C=O) groups excluding carboxylic acids is 2. The Hall–Kier alpha value is -0.910. The van der Waals surface area contributed by atoms with Crippen LogP contribution in [-0.4, -0.2) is 41.6 Å². The fourth-order valence-electron chi connectivity index (χ4n) is 2.63. The Morgan fingerprint density at radius 3 is 3.05 bits per heavy atom. The third kappa shape index (κ3) is 4.03. The lowest BCUT2D eigenvalue weighted by Crippen LogP contribution is -2.36. The molecule has 6 heteroatoms. The second kappa shape index (κ2) is 7.03. The van der Waals surface area contributed by atoms with E-state index in [9.17, 15) is 9.59 Å². The minimum Gasteiger partial charge on any atom is -0.356 e. The molecular weight excluding hydrogens is 262 g/mol. The van der Waals surface area contributed by atoms with Crippen LogP contribution in [0.25, 0.3) is 0 Å². The zero-order chi connectivity index (χ0) is 13.7. The van der Waals surface area contributed by atoms with Gasteiger partial charge in [0.05, 0.1) is 12.1 Å². The van der Waals surface area contributed by atoms with Crippen molar-refractivity contribution in [3.8, 4) is 0 Å². The second-order valence-corrected chi connectivity index (χ2v) is 6.49. The van der Waals surface area contributed by atoms with E-state index in [0.717, 1.165) is 38.0 Å². The lowest BCUT2D eigenvalue weighted by molar-refractivity contribution is -0.121. The second-order valence-electron chi connectivity index (χ2n) is 5.22. The fourth-order valence-corrected chi connectivity index (χ4v) is 4.17. The van der Waals surface area contributed by atoms with Crippen LogP contribution < -0.4 is 16.0 Å². The van der Waals surface area contributed by atoms with Crippen LogP contribution in [0.3, 0.4) is 0 Å². The highest BCUT2D eigenvalue weighted by Crippen LogP contribution is 2.33. The van der Waals surface area contributed by atoms with E-state index in [2.05, 4.69) is 22.9 Å². The van der Waals surface area contributed by atoms with Gasteiger partial charge in [0.2, 0.25) is 5.91 Å². The van der Waals surface area contributed by atoms with E-state index in [1.54, 1.807) is 0 Å². The number of nitrogens with one attached hydrogen (secondary N) is 3. The molecule has 0 radical (unpaired) electrons. The zero-order valence-corrected chi connectivity index (χ0v) is 12.2. The number of carbonyl (C=O) groups is 2. The van der Waals surface area contributed by atoms with E-state index in [0.29, 0.717) is 17.7 Å². The van der Waals surface area contributed by atoms with Crippen molar-refractivity contribution >= 4 is 23.7 Å². The summed E-state index contributed by atoms with van der Waals surface area (Å²) in [4.78, 5) is 22.7.